The highest BCUT2D eigenvalue weighted by atomic mass is 35.5. The van der Waals surface area contributed by atoms with Gasteiger partial charge in [-0.25, -0.2) is 0 Å². The molecule has 0 unspecified atom stereocenters. The molecule has 4 heteroatoms. The van der Waals surface area contributed by atoms with Crippen LogP contribution in [0.2, 0.25) is 5.02 Å². The number of ether oxygens (including phenoxy) is 1. The number of hydrogen-bond acceptors (Lipinski definition) is 2. The summed E-state index contributed by atoms with van der Waals surface area (Å²) in [6, 6.07) is 13.4. The second-order valence-corrected chi connectivity index (χ2v) is 6.45. The lowest BCUT2D eigenvalue weighted by Gasteiger charge is -2.10. The van der Waals surface area contributed by atoms with Crippen LogP contribution in [0.1, 0.15) is 30.5 Å². The van der Waals surface area contributed by atoms with Crippen molar-refractivity contribution in [2.45, 2.75) is 33.3 Å². The van der Waals surface area contributed by atoms with Gasteiger partial charge in [-0.2, -0.15) is 0 Å². The Balaban J connectivity index is 1.96. The van der Waals surface area contributed by atoms with Gasteiger partial charge in [-0.15, -0.1) is 0 Å². The highest BCUT2D eigenvalue weighted by molar-refractivity contribution is 6.32. The van der Waals surface area contributed by atoms with E-state index in [1.165, 1.54) is 5.56 Å². The number of aliphatic carboxylic acids is 1. The Hall–Kier alpha value is -2.00. The number of carboxylic acid groups (broad SMARTS) is 1. The molecule has 3 nitrogen and oxygen atoms in total. The Morgan fingerprint density at radius 2 is 1.70 bits per heavy atom. The van der Waals surface area contributed by atoms with E-state index in [0.717, 1.165) is 12.0 Å². The van der Waals surface area contributed by atoms with Crippen molar-refractivity contribution in [3.05, 3.63) is 64.2 Å². The van der Waals surface area contributed by atoms with E-state index in [4.69, 9.17) is 21.4 Å². The molecule has 0 heterocycles. The van der Waals surface area contributed by atoms with E-state index in [1.54, 1.807) is 18.2 Å². The SMILES string of the molecule is CC(C)Cc1ccc(COc2ccc(CC(=O)O)cc2Cl)cc1. The van der Waals surface area contributed by atoms with Crippen LogP contribution in [0.5, 0.6) is 5.75 Å². The Morgan fingerprint density at radius 1 is 1.09 bits per heavy atom. The summed E-state index contributed by atoms with van der Waals surface area (Å²) >= 11 is 6.14. The van der Waals surface area contributed by atoms with Gasteiger partial charge in [-0.05, 0) is 41.2 Å². The molecule has 0 aliphatic rings. The highest BCUT2D eigenvalue weighted by Gasteiger charge is 2.07. The molecule has 1 N–H and O–H groups in total. The predicted octanol–water partition coefficient (Wildman–Crippen LogP) is 4.74. The van der Waals surface area contributed by atoms with Crippen LogP contribution in [0.15, 0.2) is 42.5 Å². The van der Waals surface area contributed by atoms with Crippen molar-refractivity contribution in [2.24, 2.45) is 5.92 Å². The van der Waals surface area contributed by atoms with Gasteiger partial charge in [0.15, 0.2) is 0 Å². The van der Waals surface area contributed by atoms with Crippen LogP contribution in [0.4, 0.5) is 0 Å². The number of carbonyl (C=O) groups is 1. The van der Waals surface area contributed by atoms with Gasteiger partial charge in [-0.3, -0.25) is 4.79 Å². The minimum absolute atomic E-state index is 0.0443. The first-order valence-corrected chi connectivity index (χ1v) is 8.02. The van der Waals surface area contributed by atoms with Crippen molar-refractivity contribution >= 4 is 17.6 Å². The largest absolute Gasteiger partial charge is 0.487 e. The summed E-state index contributed by atoms with van der Waals surface area (Å²) in [5.41, 5.74) is 3.05. The fraction of sp³-hybridized carbons (Fsp3) is 0.316. The van der Waals surface area contributed by atoms with Crippen molar-refractivity contribution in [1.82, 2.24) is 0 Å². The molecule has 0 aromatic heterocycles. The molecule has 2 rings (SSSR count). The van der Waals surface area contributed by atoms with Gasteiger partial charge >= 0.3 is 5.97 Å². The smallest absolute Gasteiger partial charge is 0.307 e. The van der Waals surface area contributed by atoms with Gasteiger partial charge in [0.1, 0.15) is 12.4 Å². The normalized spacial score (nSPS) is 10.8. The van der Waals surface area contributed by atoms with Gasteiger partial charge in [0.25, 0.3) is 0 Å². The lowest BCUT2D eigenvalue weighted by atomic mass is 10.0. The van der Waals surface area contributed by atoms with Crippen LogP contribution in [0.25, 0.3) is 0 Å². The third-order valence-electron chi connectivity index (χ3n) is 3.41. The molecule has 0 aliphatic carbocycles. The van der Waals surface area contributed by atoms with Crippen molar-refractivity contribution in [3.63, 3.8) is 0 Å². The second-order valence-electron chi connectivity index (χ2n) is 6.04. The number of halogens is 1. The van der Waals surface area contributed by atoms with Crippen LogP contribution >= 0.6 is 11.6 Å². The lowest BCUT2D eigenvalue weighted by molar-refractivity contribution is -0.136. The maximum absolute atomic E-state index is 10.7. The van der Waals surface area contributed by atoms with E-state index in [1.807, 2.05) is 0 Å². The maximum Gasteiger partial charge on any atom is 0.307 e. The van der Waals surface area contributed by atoms with Gasteiger partial charge in [0.05, 0.1) is 11.4 Å². The quantitative estimate of drug-likeness (QED) is 0.796. The Bertz CT molecular complexity index is 663. The average Bonchev–Trinajstić information content (AvgIpc) is 2.47. The van der Waals surface area contributed by atoms with Crippen molar-refractivity contribution < 1.29 is 14.6 Å². The Morgan fingerprint density at radius 3 is 2.26 bits per heavy atom. The second kappa shape index (κ2) is 8.02. The molecule has 23 heavy (non-hydrogen) atoms. The van der Waals surface area contributed by atoms with Gasteiger partial charge in [-0.1, -0.05) is 55.8 Å². The third-order valence-corrected chi connectivity index (χ3v) is 3.71. The van der Waals surface area contributed by atoms with Crippen molar-refractivity contribution in [2.75, 3.05) is 0 Å². The number of benzene rings is 2. The third kappa shape index (κ3) is 5.61. The first-order chi connectivity index (χ1) is 10.9. The number of rotatable bonds is 7. The van der Waals surface area contributed by atoms with Gasteiger partial charge in [0.2, 0.25) is 0 Å². The molecule has 0 amide bonds. The minimum atomic E-state index is -0.878. The summed E-state index contributed by atoms with van der Waals surface area (Å²) < 4.78 is 5.72. The van der Waals surface area contributed by atoms with Crippen LogP contribution in [-0.2, 0) is 24.2 Å². The molecule has 122 valence electrons. The molecule has 0 fully saturated rings. The summed E-state index contributed by atoms with van der Waals surface area (Å²) in [6.07, 6.45) is 1.02. The van der Waals surface area contributed by atoms with E-state index in [-0.39, 0.29) is 6.42 Å². The topological polar surface area (TPSA) is 46.5 Å². The first kappa shape index (κ1) is 17.4. The summed E-state index contributed by atoms with van der Waals surface area (Å²) in [4.78, 5) is 10.7. The zero-order chi connectivity index (χ0) is 16.8. The van der Waals surface area contributed by atoms with E-state index in [2.05, 4.69) is 38.1 Å². The molecule has 0 saturated carbocycles. The van der Waals surface area contributed by atoms with Crippen LogP contribution in [-0.4, -0.2) is 11.1 Å². The summed E-state index contributed by atoms with van der Waals surface area (Å²) in [5.74, 6) is 0.323. The lowest BCUT2D eigenvalue weighted by Crippen LogP contribution is -2.01. The van der Waals surface area contributed by atoms with Crippen molar-refractivity contribution in [3.8, 4) is 5.75 Å². The Kier molecular flexibility index (Phi) is 6.05. The maximum atomic E-state index is 10.7. The minimum Gasteiger partial charge on any atom is -0.487 e. The van der Waals surface area contributed by atoms with E-state index in [0.29, 0.717) is 28.9 Å². The van der Waals surface area contributed by atoms with Crippen LogP contribution in [0.3, 0.4) is 0 Å². The van der Waals surface area contributed by atoms with E-state index in [9.17, 15) is 4.79 Å². The molecule has 0 saturated heterocycles. The average molecular weight is 333 g/mol. The fourth-order valence-electron chi connectivity index (χ4n) is 2.35. The number of hydrogen-bond donors (Lipinski definition) is 1. The zero-order valence-corrected chi connectivity index (χ0v) is 14.1. The van der Waals surface area contributed by atoms with Gasteiger partial charge in [0, 0.05) is 0 Å². The zero-order valence-electron chi connectivity index (χ0n) is 13.4. The van der Waals surface area contributed by atoms with Crippen LogP contribution < -0.4 is 4.74 Å². The summed E-state index contributed by atoms with van der Waals surface area (Å²) in [5, 5.41) is 9.21. The van der Waals surface area contributed by atoms with E-state index < -0.39 is 5.97 Å². The summed E-state index contributed by atoms with van der Waals surface area (Å²) in [6.45, 7) is 4.83. The molecular weight excluding hydrogens is 312 g/mol. The van der Waals surface area contributed by atoms with Gasteiger partial charge < -0.3 is 9.84 Å². The molecule has 0 spiro atoms. The molecule has 2 aromatic carbocycles. The Labute approximate surface area is 141 Å². The monoisotopic (exact) mass is 332 g/mol. The standard InChI is InChI=1S/C19H21ClO3/c1-13(2)9-14-3-5-15(6-4-14)12-23-18-8-7-16(10-17(18)20)11-19(21)22/h3-8,10,13H,9,11-12H2,1-2H3,(H,21,22). The predicted molar refractivity (Wildman–Crippen MR) is 92.1 cm³/mol. The number of carboxylic acids is 1. The molecule has 0 aliphatic heterocycles. The molecule has 0 bridgehead atoms. The van der Waals surface area contributed by atoms with Crippen LogP contribution in [0, 0.1) is 5.92 Å². The van der Waals surface area contributed by atoms with E-state index >= 15 is 0 Å². The molecule has 0 radical (unpaired) electrons. The first-order valence-electron chi connectivity index (χ1n) is 7.65. The molecule has 2 aromatic rings. The highest BCUT2D eigenvalue weighted by Crippen LogP contribution is 2.26. The molecule has 0 atom stereocenters. The fourth-order valence-corrected chi connectivity index (χ4v) is 2.61. The molecular formula is C19H21ClO3. The summed E-state index contributed by atoms with van der Waals surface area (Å²) in [7, 11) is 0. The van der Waals surface area contributed by atoms with Crippen molar-refractivity contribution in [1.29, 1.82) is 0 Å².